The molecule has 1 saturated heterocycles. The summed E-state index contributed by atoms with van der Waals surface area (Å²) in [5, 5.41) is 12.6. The van der Waals surface area contributed by atoms with Crippen LogP contribution in [0, 0.1) is 12.8 Å². The standard InChI is InChI=1S/C20H28ClN5O/c1-13(2)19(16-7-5-6-8-17(16)21)25(4)20(27)18-14(3)26(24-23-18)15-9-11-22-12-10-15/h5-8,13,15,19,22H,9-12H2,1-4H3/t19-/m0/s1. The lowest BCUT2D eigenvalue weighted by atomic mass is 9.94. The van der Waals surface area contributed by atoms with Gasteiger partial charge in [0.15, 0.2) is 5.69 Å². The fraction of sp³-hybridized carbons (Fsp3) is 0.550. The lowest BCUT2D eigenvalue weighted by molar-refractivity contribution is 0.0680. The molecule has 0 unspecified atom stereocenters. The van der Waals surface area contributed by atoms with E-state index in [1.807, 2.05) is 42.9 Å². The third kappa shape index (κ3) is 4.01. The number of halogens is 1. The zero-order valence-corrected chi connectivity index (χ0v) is 17.2. The second-order valence-corrected chi connectivity index (χ2v) is 7.98. The van der Waals surface area contributed by atoms with Crippen molar-refractivity contribution in [3.05, 3.63) is 46.2 Å². The van der Waals surface area contributed by atoms with Crippen LogP contribution in [0.4, 0.5) is 0 Å². The van der Waals surface area contributed by atoms with E-state index in [1.165, 1.54) is 0 Å². The largest absolute Gasteiger partial charge is 0.333 e. The summed E-state index contributed by atoms with van der Waals surface area (Å²) in [7, 11) is 1.82. The number of benzene rings is 1. The number of carbonyl (C=O) groups excluding carboxylic acids is 1. The Morgan fingerprint density at radius 3 is 2.59 bits per heavy atom. The minimum atomic E-state index is -0.130. The molecule has 1 aliphatic rings. The predicted molar refractivity (Wildman–Crippen MR) is 107 cm³/mol. The van der Waals surface area contributed by atoms with Crippen LogP contribution in [-0.4, -0.2) is 45.9 Å². The van der Waals surface area contributed by atoms with Gasteiger partial charge in [0.25, 0.3) is 5.91 Å². The normalized spacial score (nSPS) is 16.5. The average molecular weight is 390 g/mol. The lowest BCUT2D eigenvalue weighted by Crippen LogP contribution is -2.35. The molecular weight excluding hydrogens is 362 g/mol. The maximum Gasteiger partial charge on any atom is 0.276 e. The Labute approximate surface area is 165 Å². The number of hydrogen-bond acceptors (Lipinski definition) is 4. The van der Waals surface area contributed by atoms with Gasteiger partial charge in [0.2, 0.25) is 0 Å². The molecule has 1 fully saturated rings. The first-order valence-electron chi connectivity index (χ1n) is 9.56. The summed E-state index contributed by atoms with van der Waals surface area (Å²) in [6.07, 6.45) is 2.00. The number of piperidine rings is 1. The summed E-state index contributed by atoms with van der Waals surface area (Å²) in [5.41, 5.74) is 2.21. The Balaban J connectivity index is 1.88. The number of rotatable bonds is 5. The van der Waals surface area contributed by atoms with E-state index in [0.29, 0.717) is 16.8 Å². The molecule has 146 valence electrons. The van der Waals surface area contributed by atoms with E-state index >= 15 is 0 Å². The van der Waals surface area contributed by atoms with Gasteiger partial charge in [-0.3, -0.25) is 4.79 Å². The summed E-state index contributed by atoms with van der Waals surface area (Å²) in [6, 6.07) is 7.87. The van der Waals surface area contributed by atoms with Gasteiger partial charge in [-0.1, -0.05) is 48.9 Å². The van der Waals surface area contributed by atoms with Crippen molar-refractivity contribution in [2.24, 2.45) is 5.92 Å². The molecule has 1 aromatic carbocycles. The Kier molecular flexibility index (Phi) is 6.17. The Bertz CT molecular complexity index is 797. The third-order valence-electron chi connectivity index (χ3n) is 5.38. The highest BCUT2D eigenvalue weighted by Gasteiger charge is 2.31. The van der Waals surface area contributed by atoms with E-state index in [4.69, 9.17) is 11.6 Å². The molecular formula is C20H28ClN5O. The Morgan fingerprint density at radius 1 is 1.30 bits per heavy atom. The second-order valence-electron chi connectivity index (χ2n) is 7.58. The van der Waals surface area contributed by atoms with Gasteiger partial charge in [0.05, 0.1) is 17.8 Å². The first kappa shape index (κ1) is 19.8. The first-order chi connectivity index (χ1) is 12.9. The van der Waals surface area contributed by atoms with Gasteiger partial charge in [0, 0.05) is 12.1 Å². The molecule has 1 atom stereocenters. The molecule has 1 aromatic heterocycles. The lowest BCUT2D eigenvalue weighted by Gasteiger charge is -2.32. The molecule has 1 amide bonds. The molecule has 0 radical (unpaired) electrons. The van der Waals surface area contributed by atoms with Crippen LogP contribution in [-0.2, 0) is 0 Å². The maximum absolute atomic E-state index is 13.2. The Hall–Kier alpha value is -1.92. The van der Waals surface area contributed by atoms with Crippen molar-refractivity contribution in [1.29, 1.82) is 0 Å². The number of amides is 1. The van der Waals surface area contributed by atoms with Crippen molar-refractivity contribution in [3.63, 3.8) is 0 Å². The van der Waals surface area contributed by atoms with Crippen LogP contribution in [0.3, 0.4) is 0 Å². The van der Waals surface area contributed by atoms with Crippen molar-refractivity contribution in [3.8, 4) is 0 Å². The maximum atomic E-state index is 13.2. The molecule has 7 heteroatoms. The van der Waals surface area contributed by atoms with Crippen molar-refractivity contribution < 1.29 is 4.79 Å². The first-order valence-corrected chi connectivity index (χ1v) is 9.93. The highest BCUT2D eigenvalue weighted by atomic mass is 35.5. The summed E-state index contributed by atoms with van der Waals surface area (Å²) in [5.74, 6) is 0.0879. The van der Waals surface area contributed by atoms with E-state index in [-0.39, 0.29) is 17.9 Å². The number of aromatic nitrogens is 3. The van der Waals surface area contributed by atoms with Gasteiger partial charge >= 0.3 is 0 Å². The molecule has 1 N–H and O–H groups in total. The van der Waals surface area contributed by atoms with Crippen LogP contribution >= 0.6 is 11.6 Å². The Morgan fingerprint density at radius 2 is 1.96 bits per heavy atom. The summed E-state index contributed by atoms with van der Waals surface area (Å²) < 4.78 is 1.92. The number of nitrogens with zero attached hydrogens (tertiary/aromatic N) is 4. The zero-order valence-electron chi connectivity index (χ0n) is 16.4. The van der Waals surface area contributed by atoms with Gasteiger partial charge in [-0.25, -0.2) is 4.68 Å². The molecule has 0 bridgehead atoms. The van der Waals surface area contributed by atoms with Crippen LogP contribution in [0.1, 0.15) is 60.5 Å². The van der Waals surface area contributed by atoms with Crippen molar-refractivity contribution in [1.82, 2.24) is 25.2 Å². The summed E-state index contributed by atoms with van der Waals surface area (Å²) in [6.45, 7) is 8.06. The number of carbonyl (C=O) groups is 1. The van der Waals surface area contributed by atoms with Crippen LogP contribution < -0.4 is 5.32 Å². The predicted octanol–water partition coefficient (Wildman–Crippen LogP) is 3.63. The van der Waals surface area contributed by atoms with Crippen LogP contribution in [0.25, 0.3) is 0 Å². The van der Waals surface area contributed by atoms with Crippen LogP contribution in [0.5, 0.6) is 0 Å². The highest BCUT2D eigenvalue weighted by Crippen LogP contribution is 2.33. The number of hydrogen-bond donors (Lipinski definition) is 1. The highest BCUT2D eigenvalue weighted by molar-refractivity contribution is 6.31. The minimum absolute atomic E-state index is 0.119. The SMILES string of the molecule is Cc1c(C(=O)N(C)[C@H](c2ccccc2Cl)C(C)C)nnn1C1CCNCC1. The van der Waals surface area contributed by atoms with E-state index in [0.717, 1.165) is 37.2 Å². The topological polar surface area (TPSA) is 63.1 Å². The van der Waals surface area contributed by atoms with E-state index in [2.05, 4.69) is 29.5 Å². The van der Waals surface area contributed by atoms with Gasteiger partial charge in [-0.05, 0) is 50.4 Å². The fourth-order valence-electron chi connectivity index (χ4n) is 3.96. The van der Waals surface area contributed by atoms with Crippen molar-refractivity contribution >= 4 is 17.5 Å². The molecule has 0 saturated carbocycles. The average Bonchev–Trinajstić information content (AvgIpc) is 3.04. The second kappa shape index (κ2) is 8.40. The van der Waals surface area contributed by atoms with Gasteiger partial charge in [-0.15, -0.1) is 5.10 Å². The monoisotopic (exact) mass is 389 g/mol. The van der Waals surface area contributed by atoms with Crippen molar-refractivity contribution in [2.45, 2.75) is 45.7 Å². The van der Waals surface area contributed by atoms with E-state index < -0.39 is 0 Å². The smallest absolute Gasteiger partial charge is 0.276 e. The molecule has 0 spiro atoms. The number of nitrogens with one attached hydrogen (secondary N) is 1. The summed E-state index contributed by atoms with van der Waals surface area (Å²) >= 11 is 6.42. The van der Waals surface area contributed by atoms with Crippen LogP contribution in [0.15, 0.2) is 24.3 Å². The quantitative estimate of drug-likeness (QED) is 0.848. The third-order valence-corrected chi connectivity index (χ3v) is 5.72. The zero-order chi connectivity index (χ0) is 19.6. The molecule has 27 heavy (non-hydrogen) atoms. The van der Waals surface area contributed by atoms with Gasteiger partial charge in [0.1, 0.15) is 0 Å². The fourth-order valence-corrected chi connectivity index (χ4v) is 4.21. The van der Waals surface area contributed by atoms with Gasteiger partial charge in [-0.2, -0.15) is 0 Å². The molecule has 2 heterocycles. The summed E-state index contributed by atoms with van der Waals surface area (Å²) in [4.78, 5) is 15.0. The molecule has 3 rings (SSSR count). The minimum Gasteiger partial charge on any atom is -0.333 e. The molecule has 1 aliphatic heterocycles. The van der Waals surface area contributed by atoms with Crippen molar-refractivity contribution in [2.75, 3.05) is 20.1 Å². The van der Waals surface area contributed by atoms with E-state index in [9.17, 15) is 4.79 Å². The molecule has 6 nitrogen and oxygen atoms in total. The van der Waals surface area contributed by atoms with Gasteiger partial charge < -0.3 is 10.2 Å². The molecule has 2 aromatic rings. The van der Waals surface area contributed by atoms with Crippen LogP contribution in [0.2, 0.25) is 5.02 Å². The van der Waals surface area contributed by atoms with E-state index in [1.54, 1.807) is 4.90 Å². The molecule has 0 aliphatic carbocycles.